The van der Waals surface area contributed by atoms with Crippen molar-refractivity contribution in [2.45, 2.75) is 18.9 Å². The monoisotopic (exact) mass is 210 g/mol. The van der Waals surface area contributed by atoms with Crippen molar-refractivity contribution in [3.63, 3.8) is 0 Å². The standard InChI is InChI=1S/C10H14N2O3/c1-14-8(6-3-4-6)9-11-5-7(12-9)10(13)15-2/h5-6,8H,3-4H2,1-2H3,(H,11,12). The zero-order valence-electron chi connectivity index (χ0n) is 8.82. The second kappa shape index (κ2) is 4.02. The molecule has 0 amide bonds. The zero-order chi connectivity index (χ0) is 10.8. The van der Waals surface area contributed by atoms with E-state index in [2.05, 4.69) is 14.7 Å². The fourth-order valence-corrected chi connectivity index (χ4v) is 1.62. The summed E-state index contributed by atoms with van der Waals surface area (Å²) >= 11 is 0. The highest BCUT2D eigenvalue weighted by atomic mass is 16.5. The molecular weight excluding hydrogens is 196 g/mol. The molecule has 1 aliphatic carbocycles. The molecule has 1 saturated carbocycles. The van der Waals surface area contributed by atoms with Crippen LogP contribution in [0, 0.1) is 5.92 Å². The number of methoxy groups -OCH3 is 2. The van der Waals surface area contributed by atoms with E-state index in [1.807, 2.05) is 0 Å². The van der Waals surface area contributed by atoms with Gasteiger partial charge in [-0.25, -0.2) is 9.78 Å². The van der Waals surface area contributed by atoms with Gasteiger partial charge in [-0.2, -0.15) is 0 Å². The minimum Gasteiger partial charge on any atom is -0.464 e. The van der Waals surface area contributed by atoms with Gasteiger partial charge in [0.15, 0.2) is 0 Å². The summed E-state index contributed by atoms with van der Waals surface area (Å²) in [5.41, 5.74) is 0.371. The first-order valence-electron chi connectivity index (χ1n) is 4.92. The molecule has 0 bridgehead atoms. The van der Waals surface area contributed by atoms with E-state index < -0.39 is 5.97 Å². The predicted octanol–water partition coefficient (Wildman–Crippen LogP) is 1.29. The Morgan fingerprint density at radius 1 is 1.60 bits per heavy atom. The van der Waals surface area contributed by atoms with Gasteiger partial charge in [-0.1, -0.05) is 0 Å². The van der Waals surface area contributed by atoms with Crippen LogP contribution in [-0.2, 0) is 9.47 Å². The SMILES string of the molecule is COC(=O)c1cnc(C(OC)C2CC2)[nH]1. The third-order valence-electron chi connectivity index (χ3n) is 2.57. The van der Waals surface area contributed by atoms with E-state index >= 15 is 0 Å². The van der Waals surface area contributed by atoms with Crippen LogP contribution in [0.2, 0.25) is 0 Å². The molecule has 82 valence electrons. The van der Waals surface area contributed by atoms with E-state index in [1.54, 1.807) is 7.11 Å². The smallest absolute Gasteiger partial charge is 0.356 e. The number of carbonyl (C=O) groups is 1. The van der Waals surface area contributed by atoms with Crippen molar-refractivity contribution >= 4 is 5.97 Å². The van der Waals surface area contributed by atoms with Gasteiger partial charge in [-0.05, 0) is 18.8 Å². The van der Waals surface area contributed by atoms with Gasteiger partial charge in [0.05, 0.1) is 13.3 Å². The van der Waals surface area contributed by atoms with E-state index in [9.17, 15) is 4.79 Å². The summed E-state index contributed by atoms with van der Waals surface area (Å²) in [5.74, 6) is 0.839. The minimum atomic E-state index is -0.403. The van der Waals surface area contributed by atoms with Crippen LogP contribution in [0.1, 0.15) is 35.3 Å². The lowest BCUT2D eigenvalue weighted by atomic mass is 10.2. The van der Waals surface area contributed by atoms with Crippen molar-refractivity contribution in [3.05, 3.63) is 17.7 Å². The maximum Gasteiger partial charge on any atom is 0.356 e. The van der Waals surface area contributed by atoms with E-state index in [1.165, 1.54) is 13.3 Å². The Balaban J connectivity index is 2.14. The number of esters is 1. The molecule has 1 aromatic rings. The number of aromatic amines is 1. The Kier molecular flexibility index (Phi) is 2.73. The molecule has 1 N–H and O–H groups in total. The number of rotatable bonds is 4. The number of H-pyrrole nitrogens is 1. The maximum absolute atomic E-state index is 11.2. The number of ether oxygens (including phenoxy) is 2. The molecule has 5 heteroatoms. The average molecular weight is 210 g/mol. The lowest BCUT2D eigenvalue weighted by Gasteiger charge is -2.10. The van der Waals surface area contributed by atoms with Crippen LogP contribution in [0.3, 0.4) is 0 Å². The summed E-state index contributed by atoms with van der Waals surface area (Å²) in [6.45, 7) is 0. The molecule has 0 aliphatic heterocycles. The van der Waals surface area contributed by atoms with E-state index in [4.69, 9.17) is 4.74 Å². The highest BCUT2D eigenvalue weighted by Crippen LogP contribution is 2.41. The van der Waals surface area contributed by atoms with Gasteiger partial charge in [0.1, 0.15) is 17.6 Å². The number of carbonyl (C=O) groups excluding carboxylic acids is 1. The van der Waals surface area contributed by atoms with Crippen LogP contribution in [0.4, 0.5) is 0 Å². The number of hydrogen-bond donors (Lipinski definition) is 1. The first kappa shape index (κ1) is 10.2. The second-order valence-corrected chi connectivity index (χ2v) is 3.67. The molecule has 2 rings (SSSR count). The molecule has 5 nitrogen and oxygen atoms in total. The molecular formula is C10H14N2O3. The van der Waals surface area contributed by atoms with Gasteiger partial charge in [0, 0.05) is 7.11 Å². The van der Waals surface area contributed by atoms with Crippen LogP contribution < -0.4 is 0 Å². The molecule has 0 saturated heterocycles. The topological polar surface area (TPSA) is 64.2 Å². The number of imidazole rings is 1. The van der Waals surface area contributed by atoms with Gasteiger partial charge >= 0.3 is 5.97 Å². The number of hydrogen-bond acceptors (Lipinski definition) is 4. The maximum atomic E-state index is 11.2. The summed E-state index contributed by atoms with van der Waals surface area (Å²) in [7, 11) is 3.00. The van der Waals surface area contributed by atoms with E-state index in [0.29, 0.717) is 17.4 Å². The summed E-state index contributed by atoms with van der Waals surface area (Å²) in [5, 5.41) is 0. The molecule has 1 aromatic heterocycles. The number of nitrogens with zero attached hydrogens (tertiary/aromatic N) is 1. The highest BCUT2D eigenvalue weighted by Gasteiger charge is 2.34. The molecule has 0 spiro atoms. The summed E-state index contributed by atoms with van der Waals surface area (Å²) in [4.78, 5) is 18.3. The van der Waals surface area contributed by atoms with Crippen LogP contribution in [0.25, 0.3) is 0 Å². The minimum absolute atomic E-state index is 0.0246. The third-order valence-corrected chi connectivity index (χ3v) is 2.57. The first-order chi connectivity index (χ1) is 7.26. The van der Waals surface area contributed by atoms with Gasteiger partial charge in [-0.3, -0.25) is 0 Å². The second-order valence-electron chi connectivity index (χ2n) is 3.67. The number of nitrogens with one attached hydrogen (secondary N) is 1. The van der Waals surface area contributed by atoms with Crippen molar-refractivity contribution < 1.29 is 14.3 Å². The molecule has 15 heavy (non-hydrogen) atoms. The van der Waals surface area contributed by atoms with Crippen molar-refractivity contribution in [2.24, 2.45) is 5.92 Å². The first-order valence-corrected chi connectivity index (χ1v) is 4.92. The van der Waals surface area contributed by atoms with Crippen molar-refractivity contribution in [1.82, 2.24) is 9.97 Å². The van der Waals surface area contributed by atoms with E-state index in [-0.39, 0.29) is 6.10 Å². The molecule has 0 radical (unpaired) electrons. The van der Waals surface area contributed by atoms with Crippen molar-refractivity contribution in [1.29, 1.82) is 0 Å². The van der Waals surface area contributed by atoms with Gasteiger partial charge in [-0.15, -0.1) is 0 Å². The lowest BCUT2D eigenvalue weighted by Crippen LogP contribution is -2.07. The van der Waals surface area contributed by atoms with Crippen molar-refractivity contribution in [3.8, 4) is 0 Å². The van der Waals surface area contributed by atoms with Crippen LogP contribution in [0.15, 0.2) is 6.20 Å². The normalized spacial score (nSPS) is 17.5. The zero-order valence-corrected chi connectivity index (χ0v) is 8.82. The summed E-state index contributed by atoms with van der Waals surface area (Å²) in [6, 6.07) is 0. The number of aromatic nitrogens is 2. The van der Waals surface area contributed by atoms with Crippen LogP contribution >= 0.6 is 0 Å². The molecule has 0 aromatic carbocycles. The molecule has 1 heterocycles. The van der Waals surface area contributed by atoms with Crippen LogP contribution in [0.5, 0.6) is 0 Å². The quantitative estimate of drug-likeness (QED) is 0.760. The fraction of sp³-hybridized carbons (Fsp3) is 0.600. The highest BCUT2D eigenvalue weighted by molar-refractivity contribution is 5.86. The van der Waals surface area contributed by atoms with Gasteiger partial charge in [0.2, 0.25) is 0 Å². The Hall–Kier alpha value is -1.36. The Bertz CT molecular complexity index is 357. The Labute approximate surface area is 87.8 Å². The van der Waals surface area contributed by atoms with Gasteiger partial charge in [0.25, 0.3) is 0 Å². The van der Waals surface area contributed by atoms with E-state index in [0.717, 1.165) is 12.8 Å². The molecule has 1 fully saturated rings. The fourth-order valence-electron chi connectivity index (χ4n) is 1.62. The Morgan fingerprint density at radius 2 is 2.33 bits per heavy atom. The Morgan fingerprint density at radius 3 is 2.87 bits per heavy atom. The lowest BCUT2D eigenvalue weighted by molar-refractivity contribution is 0.0591. The molecule has 1 unspecified atom stereocenters. The largest absolute Gasteiger partial charge is 0.464 e. The molecule has 1 atom stereocenters. The summed E-state index contributed by atoms with van der Waals surface area (Å²) < 4.78 is 9.93. The average Bonchev–Trinajstić information content (AvgIpc) is 2.96. The predicted molar refractivity (Wildman–Crippen MR) is 52.4 cm³/mol. The molecule has 1 aliphatic rings. The van der Waals surface area contributed by atoms with Crippen LogP contribution in [-0.4, -0.2) is 30.2 Å². The van der Waals surface area contributed by atoms with Gasteiger partial charge < -0.3 is 14.5 Å². The third kappa shape index (κ3) is 2.02. The summed E-state index contributed by atoms with van der Waals surface area (Å²) in [6.07, 6.45) is 3.78. The van der Waals surface area contributed by atoms with Crippen molar-refractivity contribution in [2.75, 3.05) is 14.2 Å².